The number of nitrogens with one attached hydrogen (secondary N) is 1. The lowest BCUT2D eigenvalue weighted by molar-refractivity contribution is 0.0463. The SMILES string of the molecule is CCNC(=O)c1noc(-c2cc(Cl)c(OCOC)cc2OCOC)c1-c1ccc(O)cc1. The number of hydrogen-bond acceptors (Lipinski definition) is 8. The number of amides is 1. The normalized spacial score (nSPS) is 10.8. The van der Waals surface area contributed by atoms with Gasteiger partial charge in [0.15, 0.2) is 25.0 Å². The number of halogens is 1. The van der Waals surface area contributed by atoms with Crippen molar-refractivity contribution >= 4 is 17.5 Å². The highest BCUT2D eigenvalue weighted by atomic mass is 35.5. The van der Waals surface area contributed by atoms with Crippen LogP contribution < -0.4 is 14.8 Å². The molecule has 9 nitrogen and oxygen atoms in total. The fourth-order valence-electron chi connectivity index (χ4n) is 2.96. The molecule has 2 aromatic carbocycles. The predicted octanol–water partition coefficient (Wildman–Crippen LogP) is 4.08. The molecule has 3 aromatic rings. The van der Waals surface area contributed by atoms with E-state index < -0.39 is 5.91 Å². The molecule has 0 spiro atoms. The van der Waals surface area contributed by atoms with E-state index in [4.69, 9.17) is 35.1 Å². The quantitative estimate of drug-likeness (QED) is 0.433. The van der Waals surface area contributed by atoms with Gasteiger partial charge in [0.05, 0.1) is 16.1 Å². The molecule has 0 atom stereocenters. The minimum Gasteiger partial charge on any atom is -0.508 e. The molecule has 10 heteroatoms. The van der Waals surface area contributed by atoms with Gasteiger partial charge in [0.1, 0.15) is 17.2 Å². The van der Waals surface area contributed by atoms with Gasteiger partial charge in [-0.05, 0) is 30.7 Å². The molecule has 0 saturated heterocycles. The van der Waals surface area contributed by atoms with Crippen molar-refractivity contribution in [2.24, 2.45) is 0 Å². The van der Waals surface area contributed by atoms with E-state index in [1.807, 2.05) is 0 Å². The third-order valence-electron chi connectivity index (χ3n) is 4.34. The van der Waals surface area contributed by atoms with Gasteiger partial charge in [-0.2, -0.15) is 0 Å². The maximum Gasteiger partial charge on any atom is 0.274 e. The molecular weight excluding hydrogens is 440 g/mol. The molecule has 2 N–H and O–H groups in total. The topological polar surface area (TPSA) is 112 Å². The molecule has 0 aliphatic rings. The first-order valence-corrected chi connectivity index (χ1v) is 10.0. The molecule has 0 fully saturated rings. The van der Waals surface area contributed by atoms with Gasteiger partial charge in [-0.25, -0.2) is 0 Å². The van der Waals surface area contributed by atoms with Crippen molar-refractivity contribution in [3.05, 3.63) is 47.1 Å². The molecule has 170 valence electrons. The fraction of sp³-hybridized carbons (Fsp3) is 0.273. The van der Waals surface area contributed by atoms with Crippen molar-refractivity contribution in [1.29, 1.82) is 0 Å². The highest BCUT2D eigenvalue weighted by Gasteiger charge is 2.27. The average Bonchev–Trinajstić information content (AvgIpc) is 3.23. The highest BCUT2D eigenvalue weighted by molar-refractivity contribution is 6.32. The van der Waals surface area contributed by atoms with Crippen molar-refractivity contribution in [1.82, 2.24) is 10.5 Å². The van der Waals surface area contributed by atoms with Crippen LogP contribution >= 0.6 is 11.6 Å². The Balaban J connectivity index is 2.20. The van der Waals surface area contributed by atoms with Crippen LogP contribution in [0.2, 0.25) is 5.02 Å². The van der Waals surface area contributed by atoms with Crippen molar-refractivity contribution in [3.8, 4) is 39.7 Å². The van der Waals surface area contributed by atoms with Gasteiger partial charge in [0.25, 0.3) is 5.91 Å². The molecule has 1 amide bonds. The maximum absolute atomic E-state index is 12.7. The predicted molar refractivity (Wildman–Crippen MR) is 117 cm³/mol. The summed E-state index contributed by atoms with van der Waals surface area (Å²) in [6, 6.07) is 9.48. The number of aromatic nitrogens is 1. The van der Waals surface area contributed by atoms with Crippen LogP contribution in [0, 0.1) is 0 Å². The first-order valence-electron chi connectivity index (χ1n) is 9.64. The number of hydrogen-bond donors (Lipinski definition) is 2. The smallest absolute Gasteiger partial charge is 0.274 e. The summed E-state index contributed by atoms with van der Waals surface area (Å²) in [6.45, 7) is 2.15. The van der Waals surface area contributed by atoms with E-state index in [0.717, 1.165) is 0 Å². The van der Waals surface area contributed by atoms with Gasteiger partial charge in [-0.3, -0.25) is 4.79 Å². The van der Waals surface area contributed by atoms with Crippen LogP contribution in [0.5, 0.6) is 17.2 Å². The molecule has 3 rings (SSSR count). The third kappa shape index (κ3) is 5.13. The lowest BCUT2D eigenvalue weighted by Crippen LogP contribution is -2.23. The molecule has 0 aliphatic carbocycles. The number of rotatable bonds is 10. The molecule has 0 aliphatic heterocycles. The Labute approximate surface area is 189 Å². The van der Waals surface area contributed by atoms with E-state index in [0.29, 0.717) is 34.7 Å². The second kappa shape index (κ2) is 10.9. The molecule has 1 aromatic heterocycles. The Kier molecular flexibility index (Phi) is 7.93. The molecular formula is C22H23ClN2O7. The van der Waals surface area contributed by atoms with Crippen LogP contribution in [0.1, 0.15) is 17.4 Å². The van der Waals surface area contributed by atoms with E-state index in [2.05, 4.69) is 10.5 Å². The van der Waals surface area contributed by atoms with Gasteiger partial charge < -0.3 is 33.9 Å². The Morgan fingerprint density at radius 3 is 2.38 bits per heavy atom. The Bertz CT molecular complexity index is 1070. The van der Waals surface area contributed by atoms with Crippen molar-refractivity contribution < 1.29 is 33.4 Å². The van der Waals surface area contributed by atoms with Crippen LogP contribution in [-0.2, 0) is 9.47 Å². The second-order valence-electron chi connectivity index (χ2n) is 6.52. The Hall–Kier alpha value is -3.27. The summed E-state index contributed by atoms with van der Waals surface area (Å²) in [5, 5.41) is 16.7. The van der Waals surface area contributed by atoms with E-state index in [9.17, 15) is 9.90 Å². The van der Waals surface area contributed by atoms with Crippen molar-refractivity contribution in [3.63, 3.8) is 0 Å². The zero-order valence-corrected chi connectivity index (χ0v) is 18.6. The summed E-state index contributed by atoms with van der Waals surface area (Å²) >= 11 is 6.42. The van der Waals surface area contributed by atoms with Gasteiger partial charge >= 0.3 is 0 Å². The lowest BCUT2D eigenvalue weighted by atomic mass is 9.98. The standard InChI is InChI=1S/C22H23ClN2O7/c1-4-24-22(27)20-19(13-5-7-14(26)8-6-13)21(32-25-20)15-9-16(23)18(31-12-29-3)10-17(15)30-11-28-2/h5-10,26H,4,11-12H2,1-3H3,(H,24,27). The Morgan fingerprint density at radius 1 is 1.09 bits per heavy atom. The summed E-state index contributed by atoms with van der Waals surface area (Å²) in [4.78, 5) is 12.7. The number of methoxy groups -OCH3 is 2. The van der Waals surface area contributed by atoms with Gasteiger partial charge in [-0.15, -0.1) is 0 Å². The number of aromatic hydroxyl groups is 1. The zero-order chi connectivity index (χ0) is 23.1. The number of benzene rings is 2. The monoisotopic (exact) mass is 462 g/mol. The lowest BCUT2D eigenvalue weighted by Gasteiger charge is -2.14. The first-order chi connectivity index (χ1) is 15.5. The van der Waals surface area contributed by atoms with Gasteiger partial charge in [-0.1, -0.05) is 28.9 Å². The number of carbonyl (C=O) groups excluding carboxylic acids is 1. The average molecular weight is 463 g/mol. The summed E-state index contributed by atoms with van der Waals surface area (Å²) in [5.41, 5.74) is 1.54. The Morgan fingerprint density at radius 2 is 1.75 bits per heavy atom. The van der Waals surface area contributed by atoms with E-state index >= 15 is 0 Å². The van der Waals surface area contributed by atoms with Gasteiger partial charge in [0, 0.05) is 26.8 Å². The number of ether oxygens (including phenoxy) is 4. The van der Waals surface area contributed by atoms with Crippen LogP contribution in [0.25, 0.3) is 22.5 Å². The first kappa shape index (κ1) is 23.4. The minimum atomic E-state index is -0.406. The van der Waals surface area contributed by atoms with Gasteiger partial charge in [0.2, 0.25) is 0 Å². The van der Waals surface area contributed by atoms with E-state index in [1.54, 1.807) is 31.2 Å². The molecule has 0 saturated carbocycles. The summed E-state index contributed by atoms with van der Waals surface area (Å²) in [7, 11) is 2.98. The zero-order valence-electron chi connectivity index (χ0n) is 17.8. The van der Waals surface area contributed by atoms with E-state index in [-0.39, 0.29) is 35.8 Å². The number of phenols is 1. The van der Waals surface area contributed by atoms with Crippen molar-refractivity contribution in [2.75, 3.05) is 34.4 Å². The van der Waals surface area contributed by atoms with E-state index in [1.165, 1.54) is 26.4 Å². The summed E-state index contributed by atoms with van der Waals surface area (Å²) < 4.78 is 26.8. The minimum absolute atomic E-state index is 0.00874. The maximum atomic E-state index is 12.7. The van der Waals surface area contributed by atoms with Crippen LogP contribution in [0.15, 0.2) is 40.9 Å². The molecule has 0 unspecified atom stereocenters. The molecule has 32 heavy (non-hydrogen) atoms. The largest absolute Gasteiger partial charge is 0.508 e. The second-order valence-corrected chi connectivity index (χ2v) is 6.93. The third-order valence-corrected chi connectivity index (χ3v) is 4.64. The van der Waals surface area contributed by atoms with Crippen molar-refractivity contribution in [2.45, 2.75) is 6.92 Å². The van der Waals surface area contributed by atoms with Crippen LogP contribution in [0.3, 0.4) is 0 Å². The number of nitrogens with zero attached hydrogens (tertiary/aromatic N) is 1. The molecule has 0 bridgehead atoms. The molecule has 1 heterocycles. The highest BCUT2D eigenvalue weighted by Crippen LogP contribution is 2.44. The van der Waals surface area contributed by atoms with Crippen LogP contribution in [-0.4, -0.2) is 50.5 Å². The summed E-state index contributed by atoms with van der Waals surface area (Å²) in [5.74, 6) is 0.594. The molecule has 0 radical (unpaired) electrons. The number of phenolic OH excluding ortho intramolecular Hbond substituents is 1. The van der Waals surface area contributed by atoms with Crippen LogP contribution in [0.4, 0.5) is 0 Å². The fourth-order valence-corrected chi connectivity index (χ4v) is 3.17. The summed E-state index contributed by atoms with van der Waals surface area (Å²) in [6.07, 6.45) is 0. The number of carbonyl (C=O) groups is 1.